The number of hydrazine groups is 1. The molecule has 6 N–H and O–H groups in total. The molecular weight excluding hydrogens is 445 g/mol. The molecule has 2 heterocycles. The number of fused-ring (bicyclic) bond motifs is 1. The fourth-order valence-corrected chi connectivity index (χ4v) is 2.71. The predicted octanol–water partition coefficient (Wildman–Crippen LogP) is 3.23. The van der Waals surface area contributed by atoms with Gasteiger partial charge in [-0.3, -0.25) is 5.43 Å². The number of nitrogens with zero attached hydrogens (tertiary/aromatic N) is 2. The number of carbonyl (C=O) groups excluding carboxylic acids is 2. The molecule has 0 aliphatic rings. The summed E-state index contributed by atoms with van der Waals surface area (Å²) in [5.41, 5.74) is 8.20. The van der Waals surface area contributed by atoms with Crippen LogP contribution in [0.3, 0.4) is 0 Å². The molecule has 10 nitrogen and oxygen atoms in total. The number of aryl methyl sites for hydroxylation is 1. The summed E-state index contributed by atoms with van der Waals surface area (Å²) in [6, 6.07) is -3.60. The lowest BCUT2D eigenvalue weighted by molar-refractivity contribution is -0.158. The Morgan fingerprint density at radius 1 is 1.16 bits per heavy atom. The summed E-state index contributed by atoms with van der Waals surface area (Å²) >= 11 is 0. The third kappa shape index (κ3) is 4.93. The average molecular weight is 459 g/mol. The number of nitrogens with one attached hydrogen (secondary N) is 4. The Morgan fingerprint density at radius 2 is 1.81 bits per heavy atom. The summed E-state index contributed by atoms with van der Waals surface area (Å²) in [4.78, 5) is 30.1. The number of halogens is 5. The van der Waals surface area contributed by atoms with Crippen LogP contribution < -0.4 is 27.2 Å². The number of hydrogen-bond acceptors (Lipinski definition) is 6. The lowest BCUT2D eigenvalue weighted by atomic mass is 10.1. The smallest absolute Gasteiger partial charge is 0.416 e. The Bertz CT molecular complexity index is 1160. The SMILES string of the molecule is Cc1c(C(NC(=O)Nc2cnc(NNC(N)=O)nc2)C(F)(F)F)oc2c(F)cc(F)cc12. The molecule has 4 amide bonds. The summed E-state index contributed by atoms with van der Waals surface area (Å²) in [5, 5.41) is 3.57. The fourth-order valence-electron chi connectivity index (χ4n) is 2.71. The topological polar surface area (TPSA) is 147 Å². The number of amides is 4. The molecule has 170 valence electrons. The quantitative estimate of drug-likeness (QED) is 0.292. The van der Waals surface area contributed by atoms with Crippen molar-refractivity contribution in [2.75, 3.05) is 10.7 Å². The molecule has 2 aromatic heterocycles. The average Bonchev–Trinajstić information content (AvgIpc) is 3.01. The number of furan rings is 1. The monoisotopic (exact) mass is 459 g/mol. The van der Waals surface area contributed by atoms with Crippen molar-refractivity contribution in [3.05, 3.63) is 47.5 Å². The first kappa shape index (κ1) is 22.5. The van der Waals surface area contributed by atoms with Gasteiger partial charge in [0, 0.05) is 17.0 Å². The number of alkyl halides is 3. The zero-order chi connectivity index (χ0) is 23.6. The molecule has 0 aliphatic heterocycles. The van der Waals surface area contributed by atoms with Crippen LogP contribution in [0.1, 0.15) is 17.4 Å². The Balaban J connectivity index is 1.80. The van der Waals surface area contributed by atoms with Gasteiger partial charge in [-0.25, -0.2) is 33.8 Å². The number of aromatic nitrogens is 2. The second kappa shape index (κ2) is 8.52. The van der Waals surface area contributed by atoms with Gasteiger partial charge in [-0.2, -0.15) is 13.2 Å². The van der Waals surface area contributed by atoms with Crippen LogP contribution >= 0.6 is 0 Å². The first-order chi connectivity index (χ1) is 15.0. The van der Waals surface area contributed by atoms with Crippen molar-refractivity contribution in [2.24, 2.45) is 5.73 Å². The van der Waals surface area contributed by atoms with E-state index < -0.39 is 47.3 Å². The maximum atomic E-state index is 13.9. The summed E-state index contributed by atoms with van der Waals surface area (Å²) in [5.74, 6) is -3.10. The third-order valence-corrected chi connectivity index (χ3v) is 4.07. The molecule has 0 aliphatic carbocycles. The van der Waals surface area contributed by atoms with Gasteiger partial charge in [0.25, 0.3) is 0 Å². The van der Waals surface area contributed by atoms with Gasteiger partial charge < -0.3 is 20.8 Å². The number of rotatable bonds is 5. The van der Waals surface area contributed by atoms with Gasteiger partial charge in [-0.1, -0.05) is 0 Å². The first-order valence-corrected chi connectivity index (χ1v) is 8.61. The summed E-state index contributed by atoms with van der Waals surface area (Å²) < 4.78 is 73.3. The lowest BCUT2D eigenvalue weighted by Gasteiger charge is -2.20. The zero-order valence-electron chi connectivity index (χ0n) is 16.0. The highest BCUT2D eigenvalue weighted by Crippen LogP contribution is 2.39. The number of benzene rings is 1. The van der Waals surface area contributed by atoms with Gasteiger partial charge in [0.2, 0.25) is 5.95 Å². The number of hydrogen-bond donors (Lipinski definition) is 5. The van der Waals surface area contributed by atoms with E-state index in [9.17, 15) is 31.5 Å². The number of primary amides is 1. The molecule has 32 heavy (non-hydrogen) atoms. The van der Waals surface area contributed by atoms with Crippen molar-refractivity contribution < 1.29 is 36.0 Å². The van der Waals surface area contributed by atoms with Crippen LogP contribution in [0.2, 0.25) is 0 Å². The van der Waals surface area contributed by atoms with Crippen molar-refractivity contribution >= 4 is 34.7 Å². The van der Waals surface area contributed by atoms with Crippen molar-refractivity contribution in [1.82, 2.24) is 20.7 Å². The minimum atomic E-state index is -5.03. The normalized spacial score (nSPS) is 12.3. The van der Waals surface area contributed by atoms with Gasteiger partial charge in [0.15, 0.2) is 17.4 Å². The fraction of sp³-hybridized carbons (Fsp3) is 0.176. The molecule has 1 atom stereocenters. The van der Waals surface area contributed by atoms with E-state index in [-0.39, 0.29) is 22.6 Å². The largest absolute Gasteiger partial charge is 0.455 e. The van der Waals surface area contributed by atoms with Crippen LogP contribution in [-0.4, -0.2) is 28.2 Å². The molecule has 3 aromatic rings. The van der Waals surface area contributed by atoms with E-state index in [2.05, 4.69) is 20.7 Å². The van der Waals surface area contributed by atoms with Crippen LogP contribution in [0.5, 0.6) is 0 Å². The Kier molecular flexibility index (Phi) is 6.00. The molecular formula is C17H14F5N7O3. The van der Waals surface area contributed by atoms with Crippen molar-refractivity contribution in [2.45, 2.75) is 19.1 Å². The molecule has 0 bridgehead atoms. The highest BCUT2D eigenvalue weighted by molar-refractivity contribution is 5.89. The van der Waals surface area contributed by atoms with Crippen LogP contribution in [0.4, 0.5) is 43.2 Å². The second-order valence-corrected chi connectivity index (χ2v) is 6.34. The molecule has 3 rings (SSSR count). The van der Waals surface area contributed by atoms with Crippen LogP contribution in [0.25, 0.3) is 11.0 Å². The molecule has 15 heteroatoms. The van der Waals surface area contributed by atoms with Crippen LogP contribution in [-0.2, 0) is 0 Å². The summed E-state index contributed by atoms with van der Waals surface area (Å²) in [7, 11) is 0. The lowest BCUT2D eigenvalue weighted by Crippen LogP contribution is -2.40. The van der Waals surface area contributed by atoms with Gasteiger partial charge in [-0.15, -0.1) is 0 Å². The molecule has 1 unspecified atom stereocenters. The number of carbonyl (C=O) groups is 2. The standard InChI is InChI=1S/C17H14F5N7O3/c1-6-9-2-7(18)3-10(19)12(9)32-11(6)13(17(20,21)22)27-16(31)26-8-4-24-15(25-5-8)29-28-14(23)30/h2-5,13H,1H3,(H3,23,28,30)(H,24,25,29)(H2,26,27,31). The Hall–Kier alpha value is -4.17. The molecule has 1 aromatic carbocycles. The van der Waals surface area contributed by atoms with E-state index >= 15 is 0 Å². The van der Waals surface area contributed by atoms with Crippen molar-refractivity contribution in [3.8, 4) is 0 Å². The van der Waals surface area contributed by atoms with E-state index in [1.54, 1.807) is 5.32 Å². The predicted molar refractivity (Wildman–Crippen MR) is 100 cm³/mol. The molecule has 0 radical (unpaired) electrons. The van der Waals surface area contributed by atoms with E-state index in [4.69, 9.17) is 10.2 Å². The molecule has 0 fully saturated rings. The van der Waals surface area contributed by atoms with E-state index in [1.165, 1.54) is 6.92 Å². The molecule has 0 spiro atoms. The number of nitrogens with two attached hydrogens (primary N) is 1. The van der Waals surface area contributed by atoms with Gasteiger partial charge in [0.05, 0.1) is 18.1 Å². The number of anilines is 2. The van der Waals surface area contributed by atoms with E-state index in [0.29, 0.717) is 6.07 Å². The molecule has 0 saturated carbocycles. The Labute approximate surface area is 175 Å². The number of urea groups is 2. The van der Waals surface area contributed by atoms with Gasteiger partial charge >= 0.3 is 18.2 Å². The zero-order valence-corrected chi connectivity index (χ0v) is 16.0. The highest BCUT2D eigenvalue weighted by atomic mass is 19.4. The Morgan fingerprint density at radius 3 is 2.41 bits per heavy atom. The third-order valence-electron chi connectivity index (χ3n) is 4.07. The van der Waals surface area contributed by atoms with Crippen LogP contribution in [0.15, 0.2) is 28.9 Å². The molecule has 0 saturated heterocycles. The minimum Gasteiger partial charge on any atom is -0.455 e. The van der Waals surface area contributed by atoms with Gasteiger partial charge in [0.1, 0.15) is 11.6 Å². The van der Waals surface area contributed by atoms with E-state index in [0.717, 1.165) is 18.5 Å². The maximum absolute atomic E-state index is 13.9. The maximum Gasteiger partial charge on any atom is 0.416 e. The summed E-state index contributed by atoms with van der Waals surface area (Å²) in [6.07, 6.45) is -2.97. The highest BCUT2D eigenvalue weighted by Gasteiger charge is 2.45. The van der Waals surface area contributed by atoms with Crippen molar-refractivity contribution in [3.63, 3.8) is 0 Å². The van der Waals surface area contributed by atoms with Crippen molar-refractivity contribution in [1.29, 1.82) is 0 Å². The summed E-state index contributed by atoms with van der Waals surface area (Å²) in [6.45, 7) is 1.18. The minimum absolute atomic E-state index is 0.0949. The second-order valence-electron chi connectivity index (χ2n) is 6.34. The first-order valence-electron chi connectivity index (χ1n) is 8.61. The van der Waals surface area contributed by atoms with Gasteiger partial charge in [-0.05, 0) is 13.0 Å². The van der Waals surface area contributed by atoms with Crippen LogP contribution in [0, 0.1) is 18.6 Å². The van der Waals surface area contributed by atoms with E-state index in [1.807, 2.05) is 5.43 Å².